The van der Waals surface area contributed by atoms with Crippen LogP contribution in [0.25, 0.3) is 0 Å². The zero-order valence-corrected chi connectivity index (χ0v) is 13.6. The molecule has 1 aromatic heterocycles. The maximum Gasteiger partial charge on any atom is 0.264 e. The highest BCUT2D eigenvalue weighted by Gasteiger charge is 2.28. The minimum absolute atomic E-state index is 0.0219. The Hall–Kier alpha value is -0.920. The van der Waals surface area contributed by atoms with Gasteiger partial charge in [-0.15, -0.1) is 0 Å². The lowest BCUT2D eigenvalue weighted by Crippen LogP contribution is -1.98. The number of halogens is 2. The second-order valence-corrected chi connectivity index (χ2v) is 6.36. The summed E-state index contributed by atoms with van der Waals surface area (Å²) in [6, 6.07) is 3.62. The predicted molar refractivity (Wildman–Crippen MR) is 78.4 cm³/mol. The van der Waals surface area contributed by atoms with Crippen molar-refractivity contribution in [3.8, 4) is 5.75 Å². The van der Waals surface area contributed by atoms with E-state index in [0.29, 0.717) is 17.6 Å². The van der Waals surface area contributed by atoms with Crippen LogP contribution in [-0.4, -0.2) is 15.2 Å². The van der Waals surface area contributed by atoms with Crippen LogP contribution in [0.2, 0.25) is 0 Å². The number of rotatable bonds is 5. The number of nitrogens with zero attached hydrogens (tertiary/aromatic N) is 2. The van der Waals surface area contributed by atoms with Crippen LogP contribution in [-0.2, 0) is 13.2 Å². The van der Waals surface area contributed by atoms with Gasteiger partial charge in [-0.25, -0.2) is 0 Å². The Morgan fingerprint density at radius 1 is 1.30 bits per heavy atom. The Balaban J connectivity index is 1.70. The first-order valence-electron chi connectivity index (χ1n) is 6.21. The summed E-state index contributed by atoms with van der Waals surface area (Å²) in [5, 5.41) is 13.1. The van der Waals surface area contributed by atoms with Gasteiger partial charge in [0, 0.05) is 5.92 Å². The van der Waals surface area contributed by atoms with E-state index >= 15 is 0 Å². The van der Waals surface area contributed by atoms with Gasteiger partial charge in [0.25, 0.3) is 5.89 Å². The SMILES string of the molecule is OCc1cc(Br)c(OCc2nc(C3CC3)no2)c(Br)c1. The molecule has 0 saturated heterocycles. The quantitative estimate of drug-likeness (QED) is 0.826. The van der Waals surface area contributed by atoms with Crippen LogP contribution in [0.3, 0.4) is 0 Å². The van der Waals surface area contributed by atoms with E-state index in [-0.39, 0.29) is 13.2 Å². The first kappa shape index (κ1) is 14.0. The molecule has 20 heavy (non-hydrogen) atoms. The van der Waals surface area contributed by atoms with Gasteiger partial charge >= 0.3 is 0 Å². The molecule has 1 saturated carbocycles. The topological polar surface area (TPSA) is 68.4 Å². The number of ether oxygens (including phenoxy) is 1. The van der Waals surface area contributed by atoms with Crippen molar-refractivity contribution in [1.82, 2.24) is 10.1 Å². The summed E-state index contributed by atoms with van der Waals surface area (Å²) in [5.74, 6) is 2.36. The Morgan fingerprint density at radius 2 is 2.00 bits per heavy atom. The van der Waals surface area contributed by atoms with Crippen molar-refractivity contribution < 1.29 is 14.4 Å². The maximum atomic E-state index is 9.13. The second-order valence-electron chi connectivity index (χ2n) is 4.66. The number of aromatic nitrogens is 2. The molecule has 1 aliphatic carbocycles. The van der Waals surface area contributed by atoms with Gasteiger partial charge in [-0.05, 0) is 62.4 Å². The van der Waals surface area contributed by atoms with Crippen LogP contribution in [0.15, 0.2) is 25.6 Å². The summed E-state index contributed by atoms with van der Waals surface area (Å²) < 4.78 is 12.4. The lowest BCUT2D eigenvalue weighted by molar-refractivity contribution is 0.239. The molecule has 0 unspecified atom stereocenters. The average Bonchev–Trinajstić information content (AvgIpc) is 3.17. The lowest BCUT2D eigenvalue weighted by Gasteiger charge is -2.09. The molecule has 1 heterocycles. The van der Waals surface area contributed by atoms with E-state index in [4.69, 9.17) is 14.4 Å². The monoisotopic (exact) mass is 402 g/mol. The molecule has 1 N–H and O–H groups in total. The van der Waals surface area contributed by atoms with Gasteiger partial charge in [-0.3, -0.25) is 0 Å². The third-order valence-electron chi connectivity index (χ3n) is 3.01. The summed E-state index contributed by atoms with van der Waals surface area (Å²) >= 11 is 6.84. The molecule has 0 radical (unpaired) electrons. The molecular weight excluding hydrogens is 392 g/mol. The van der Waals surface area contributed by atoms with Gasteiger partial charge in [-0.2, -0.15) is 4.98 Å². The minimum atomic E-state index is -0.0219. The van der Waals surface area contributed by atoms with Crippen LogP contribution in [0.1, 0.15) is 36.0 Å². The zero-order valence-electron chi connectivity index (χ0n) is 10.5. The Morgan fingerprint density at radius 3 is 2.60 bits per heavy atom. The third-order valence-corrected chi connectivity index (χ3v) is 4.18. The van der Waals surface area contributed by atoms with E-state index in [9.17, 15) is 0 Å². The highest BCUT2D eigenvalue weighted by Crippen LogP contribution is 2.38. The van der Waals surface area contributed by atoms with Crippen molar-refractivity contribution in [3.05, 3.63) is 38.4 Å². The van der Waals surface area contributed by atoms with Crippen molar-refractivity contribution >= 4 is 31.9 Å². The molecule has 1 aromatic carbocycles. The molecule has 0 atom stereocenters. The molecule has 1 aliphatic rings. The normalized spacial score (nSPS) is 14.6. The molecule has 7 heteroatoms. The molecule has 0 amide bonds. The minimum Gasteiger partial charge on any atom is -0.481 e. The highest BCUT2D eigenvalue weighted by atomic mass is 79.9. The molecule has 1 fully saturated rings. The summed E-state index contributed by atoms with van der Waals surface area (Å²) in [5.41, 5.74) is 0.796. The molecule has 0 bridgehead atoms. The zero-order chi connectivity index (χ0) is 14.1. The second kappa shape index (κ2) is 5.83. The van der Waals surface area contributed by atoms with Gasteiger partial charge < -0.3 is 14.4 Å². The molecule has 106 valence electrons. The largest absolute Gasteiger partial charge is 0.481 e. The van der Waals surface area contributed by atoms with Crippen LogP contribution >= 0.6 is 31.9 Å². The van der Waals surface area contributed by atoms with E-state index in [0.717, 1.165) is 33.2 Å². The molecule has 0 spiro atoms. The van der Waals surface area contributed by atoms with Crippen LogP contribution in [0.4, 0.5) is 0 Å². The van der Waals surface area contributed by atoms with Crippen molar-refractivity contribution in [2.75, 3.05) is 0 Å². The van der Waals surface area contributed by atoms with Crippen LogP contribution in [0.5, 0.6) is 5.75 Å². The van der Waals surface area contributed by atoms with E-state index in [2.05, 4.69) is 42.0 Å². The van der Waals surface area contributed by atoms with E-state index < -0.39 is 0 Å². The number of benzene rings is 1. The van der Waals surface area contributed by atoms with Crippen molar-refractivity contribution in [1.29, 1.82) is 0 Å². The van der Waals surface area contributed by atoms with Crippen molar-refractivity contribution in [3.63, 3.8) is 0 Å². The van der Waals surface area contributed by atoms with Crippen molar-refractivity contribution in [2.45, 2.75) is 32.0 Å². The number of aliphatic hydroxyl groups is 1. The summed E-state index contributed by atoms with van der Waals surface area (Å²) in [6.45, 7) is 0.196. The lowest BCUT2D eigenvalue weighted by atomic mass is 10.2. The first-order valence-corrected chi connectivity index (χ1v) is 7.80. The van der Waals surface area contributed by atoms with Gasteiger partial charge in [0.1, 0.15) is 5.75 Å². The Bertz CT molecular complexity index is 603. The van der Waals surface area contributed by atoms with Crippen molar-refractivity contribution in [2.24, 2.45) is 0 Å². The Labute approximate surface area is 132 Å². The average molecular weight is 404 g/mol. The van der Waals surface area contributed by atoms with Crippen LogP contribution in [0, 0.1) is 0 Å². The number of aliphatic hydroxyl groups excluding tert-OH is 1. The molecule has 0 aliphatic heterocycles. The van der Waals surface area contributed by atoms with E-state index in [1.807, 2.05) is 12.1 Å². The number of hydrogen-bond acceptors (Lipinski definition) is 5. The fourth-order valence-electron chi connectivity index (χ4n) is 1.81. The fraction of sp³-hybridized carbons (Fsp3) is 0.385. The van der Waals surface area contributed by atoms with Gasteiger partial charge in [0.15, 0.2) is 12.4 Å². The molecule has 3 rings (SSSR count). The Kier molecular flexibility index (Phi) is 4.09. The summed E-state index contributed by atoms with van der Waals surface area (Å²) in [4.78, 5) is 4.31. The molecular formula is C13H12Br2N2O3. The highest BCUT2D eigenvalue weighted by molar-refractivity contribution is 9.11. The predicted octanol–water partition coefficient (Wildman–Crippen LogP) is 3.54. The van der Waals surface area contributed by atoms with Gasteiger partial charge in [0.05, 0.1) is 15.6 Å². The number of hydrogen-bond donors (Lipinski definition) is 1. The fourth-order valence-corrected chi connectivity index (χ4v) is 3.32. The first-order chi connectivity index (χ1) is 9.67. The van der Waals surface area contributed by atoms with E-state index in [1.165, 1.54) is 0 Å². The summed E-state index contributed by atoms with van der Waals surface area (Å²) in [6.07, 6.45) is 2.28. The molecule has 5 nitrogen and oxygen atoms in total. The third kappa shape index (κ3) is 3.05. The summed E-state index contributed by atoms with van der Waals surface area (Å²) in [7, 11) is 0. The van der Waals surface area contributed by atoms with Gasteiger partial charge in [0.2, 0.25) is 0 Å². The standard InChI is InChI=1S/C13H12Br2N2O3/c14-9-3-7(5-18)4-10(15)12(9)19-6-11-16-13(17-20-11)8-1-2-8/h3-4,8,18H,1-2,5-6H2. The molecule has 2 aromatic rings. The van der Waals surface area contributed by atoms with Crippen LogP contribution < -0.4 is 4.74 Å². The smallest absolute Gasteiger partial charge is 0.264 e. The maximum absolute atomic E-state index is 9.13. The van der Waals surface area contributed by atoms with E-state index in [1.54, 1.807) is 0 Å². The van der Waals surface area contributed by atoms with Gasteiger partial charge in [-0.1, -0.05) is 5.16 Å².